The maximum absolute atomic E-state index is 5.16. The molecule has 1 heterocycles. The zero-order valence-electron chi connectivity index (χ0n) is 38.5. The van der Waals surface area contributed by atoms with Crippen molar-refractivity contribution in [2.45, 2.75) is 0 Å². The van der Waals surface area contributed by atoms with Gasteiger partial charge in [0.1, 0.15) is 5.82 Å². The first kappa shape index (κ1) is 42.1. The van der Waals surface area contributed by atoms with E-state index in [1.807, 2.05) is 6.07 Å². The van der Waals surface area contributed by atoms with Crippen LogP contribution in [0.1, 0.15) is 0 Å². The van der Waals surface area contributed by atoms with Gasteiger partial charge in [0.15, 0.2) is 0 Å². The summed E-state index contributed by atoms with van der Waals surface area (Å²) >= 11 is 0. The van der Waals surface area contributed by atoms with E-state index in [4.69, 9.17) is 4.98 Å². The molecule has 12 aromatic rings. The molecule has 330 valence electrons. The first-order valence-corrected chi connectivity index (χ1v) is 23.8. The van der Waals surface area contributed by atoms with Crippen LogP contribution >= 0.6 is 0 Å². The third kappa shape index (κ3) is 8.49. The van der Waals surface area contributed by atoms with Crippen LogP contribution in [0.15, 0.2) is 285 Å². The number of aromatic nitrogens is 2. The molecule has 0 saturated heterocycles. The van der Waals surface area contributed by atoms with Crippen molar-refractivity contribution in [2.75, 3.05) is 4.90 Å². The van der Waals surface area contributed by atoms with Gasteiger partial charge in [-0.05, 0) is 146 Å². The highest BCUT2D eigenvalue weighted by atomic mass is 15.1. The molecule has 0 aliphatic heterocycles. The molecule has 0 saturated carbocycles. The Morgan fingerprint density at radius 2 is 0.586 bits per heavy atom. The predicted molar refractivity (Wildman–Crippen MR) is 294 cm³/mol. The van der Waals surface area contributed by atoms with Crippen LogP contribution in [0.5, 0.6) is 0 Å². The summed E-state index contributed by atoms with van der Waals surface area (Å²) in [6, 6.07) is 102. The molecule has 0 atom stereocenters. The minimum atomic E-state index is 0.924. The third-order valence-electron chi connectivity index (χ3n) is 13.1. The summed E-state index contributed by atoms with van der Waals surface area (Å²) in [7, 11) is 0. The Bertz CT molecular complexity index is 3480. The van der Waals surface area contributed by atoms with Crippen LogP contribution in [-0.2, 0) is 0 Å². The summed E-state index contributed by atoms with van der Waals surface area (Å²) < 4.78 is 2.28. The Labute approximate surface area is 409 Å². The second-order valence-electron chi connectivity index (χ2n) is 17.6. The Balaban J connectivity index is 0.986. The molecule has 1 aromatic heterocycles. The SMILES string of the molecule is c1ccc(-c2cc(-c3ccccc3)cc(N(c3ccc(-c4cccc(-c5ccc6nc(-c7ccccc7)n(-c7ccccc7)c6c5)c4)cc3)c3cc(-c4ccccc4)cc(-c4ccccc4)c3)c2)cc1. The van der Waals surface area contributed by atoms with Crippen molar-refractivity contribution >= 4 is 28.1 Å². The molecule has 0 spiro atoms. The van der Waals surface area contributed by atoms with Crippen molar-refractivity contribution < 1.29 is 0 Å². The molecule has 0 aliphatic rings. The summed E-state index contributed by atoms with van der Waals surface area (Å²) in [4.78, 5) is 7.59. The van der Waals surface area contributed by atoms with Gasteiger partial charge in [-0.3, -0.25) is 4.57 Å². The summed E-state index contributed by atoms with van der Waals surface area (Å²) in [6.45, 7) is 0. The standard InChI is InChI=1S/C67H47N3/c1-7-20-48(21-8-1)57-41-58(49-22-9-2-10-23-49)44-63(43-57)69(64-45-59(50-24-11-3-12-25-50)42-60(46-64)51-26-13-4-14-27-51)62-37-34-52(35-38-62)54-30-19-31-55(40-54)56-36-39-65-66(47-56)70(61-32-17-6-18-33-61)67(68-65)53-28-15-5-16-29-53/h1-47H. The van der Waals surface area contributed by atoms with Crippen molar-refractivity contribution in [2.24, 2.45) is 0 Å². The van der Waals surface area contributed by atoms with Gasteiger partial charge in [-0.15, -0.1) is 0 Å². The Morgan fingerprint density at radius 3 is 1.04 bits per heavy atom. The molecular formula is C67H47N3. The van der Waals surface area contributed by atoms with Crippen molar-refractivity contribution in [3.05, 3.63) is 285 Å². The van der Waals surface area contributed by atoms with E-state index in [0.29, 0.717) is 0 Å². The molecule has 0 N–H and O–H groups in total. The molecule has 0 radical (unpaired) electrons. The average Bonchev–Trinajstić information content (AvgIpc) is 3.84. The molecule has 11 aromatic carbocycles. The number of rotatable bonds is 11. The Morgan fingerprint density at radius 1 is 0.243 bits per heavy atom. The van der Waals surface area contributed by atoms with Crippen molar-refractivity contribution in [3.63, 3.8) is 0 Å². The predicted octanol–water partition coefficient (Wildman–Crippen LogP) is 18.2. The molecule has 0 unspecified atom stereocenters. The summed E-state index contributed by atoms with van der Waals surface area (Å²) in [5.41, 5.74) is 21.2. The lowest BCUT2D eigenvalue weighted by atomic mass is 9.95. The van der Waals surface area contributed by atoms with Gasteiger partial charge in [0.25, 0.3) is 0 Å². The molecule has 0 aliphatic carbocycles. The molecule has 0 amide bonds. The van der Waals surface area contributed by atoms with Gasteiger partial charge in [-0.2, -0.15) is 0 Å². The minimum Gasteiger partial charge on any atom is -0.310 e. The highest BCUT2D eigenvalue weighted by molar-refractivity contribution is 5.91. The smallest absolute Gasteiger partial charge is 0.145 e. The lowest BCUT2D eigenvalue weighted by molar-refractivity contribution is 1.10. The fourth-order valence-corrected chi connectivity index (χ4v) is 9.67. The van der Waals surface area contributed by atoms with Gasteiger partial charge in [0.05, 0.1) is 11.0 Å². The quantitative estimate of drug-likeness (QED) is 0.129. The monoisotopic (exact) mass is 893 g/mol. The number of fused-ring (bicyclic) bond motifs is 1. The number of benzene rings is 11. The average molecular weight is 894 g/mol. The third-order valence-corrected chi connectivity index (χ3v) is 13.1. The van der Waals surface area contributed by atoms with E-state index in [2.05, 4.69) is 289 Å². The van der Waals surface area contributed by atoms with Crippen LogP contribution in [0.4, 0.5) is 17.1 Å². The van der Waals surface area contributed by atoms with Crippen LogP contribution in [0.2, 0.25) is 0 Å². The fourth-order valence-electron chi connectivity index (χ4n) is 9.67. The summed E-state index contributed by atoms with van der Waals surface area (Å²) in [6.07, 6.45) is 0. The summed E-state index contributed by atoms with van der Waals surface area (Å²) in [5.74, 6) is 0.924. The van der Waals surface area contributed by atoms with Crippen LogP contribution < -0.4 is 4.90 Å². The zero-order valence-corrected chi connectivity index (χ0v) is 38.5. The second kappa shape index (κ2) is 18.8. The van der Waals surface area contributed by atoms with Gasteiger partial charge in [0.2, 0.25) is 0 Å². The van der Waals surface area contributed by atoms with Crippen LogP contribution in [0.25, 0.3) is 94.9 Å². The first-order chi connectivity index (χ1) is 34.7. The van der Waals surface area contributed by atoms with Crippen LogP contribution in [-0.4, -0.2) is 9.55 Å². The summed E-state index contributed by atoms with van der Waals surface area (Å²) in [5, 5.41) is 0. The molecule has 3 heteroatoms. The molecule has 3 nitrogen and oxygen atoms in total. The number of imidazole rings is 1. The van der Waals surface area contributed by atoms with Gasteiger partial charge in [0, 0.05) is 28.3 Å². The van der Waals surface area contributed by atoms with E-state index >= 15 is 0 Å². The lowest BCUT2D eigenvalue weighted by Gasteiger charge is -2.28. The number of anilines is 3. The van der Waals surface area contributed by atoms with Crippen molar-refractivity contribution in [1.29, 1.82) is 0 Å². The van der Waals surface area contributed by atoms with Crippen LogP contribution in [0, 0.1) is 0 Å². The number of hydrogen-bond acceptors (Lipinski definition) is 2. The van der Waals surface area contributed by atoms with Crippen LogP contribution in [0.3, 0.4) is 0 Å². The van der Waals surface area contributed by atoms with Gasteiger partial charge in [-0.1, -0.05) is 206 Å². The number of hydrogen-bond donors (Lipinski definition) is 0. The highest BCUT2D eigenvalue weighted by Crippen LogP contribution is 2.43. The van der Waals surface area contributed by atoms with Gasteiger partial charge in [-0.25, -0.2) is 4.98 Å². The minimum absolute atomic E-state index is 0.924. The molecule has 12 rings (SSSR count). The molecule has 0 bridgehead atoms. The van der Waals surface area contributed by atoms with E-state index in [0.717, 1.165) is 89.7 Å². The first-order valence-electron chi connectivity index (χ1n) is 23.8. The zero-order chi connectivity index (χ0) is 46.6. The number of para-hydroxylation sites is 1. The normalized spacial score (nSPS) is 11.1. The van der Waals surface area contributed by atoms with E-state index in [1.54, 1.807) is 0 Å². The van der Waals surface area contributed by atoms with E-state index in [-0.39, 0.29) is 0 Å². The number of nitrogens with zero attached hydrogens (tertiary/aromatic N) is 3. The lowest BCUT2D eigenvalue weighted by Crippen LogP contribution is -2.11. The van der Waals surface area contributed by atoms with Gasteiger partial charge >= 0.3 is 0 Å². The largest absolute Gasteiger partial charge is 0.310 e. The Hall–Kier alpha value is -9.31. The molecule has 70 heavy (non-hydrogen) atoms. The van der Waals surface area contributed by atoms with E-state index in [9.17, 15) is 0 Å². The Kier molecular flexibility index (Phi) is 11.3. The van der Waals surface area contributed by atoms with Crippen molar-refractivity contribution in [1.82, 2.24) is 9.55 Å². The maximum atomic E-state index is 5.16. The molecular weight excluding hydrogens is 847 g/mol. The highest BCUT2D eigenvalue weighted by Gasteiger charge is 2.20. The van der Waals surface area contributed by atoms with E-state index < -0.39 is 0 Å². The topological polar surface area (TPSA) is 21.1 Å². The maximum Gasteiger partial charge on any atom is 0.145 e. The van der Waals surface area contributed by atoms with Gasteiger partial charge < -0.3 is 4.90 Å². The van der Waals surface area contributed by atoms with Crippen molar-refractivity contribution in [3.8, 4) is 83.8 Å². The second-order valence-corrected chi connectivity index (χ2v) is 17.6. The molecule has 0 fully saturated rings. The van der Waals surface area contributed by atoms with E-state index in [1.165, 1.54) is 22.3 Å². The fraction of sp³-hybridized carbons (Fsp3) is 0.